The summed E-state index contributed by atoms with van der Waals surface area (Å²) < 4.78 is 43.7. The van der Waals surface area contributed by atoms with Crippen LogP contribution in [0.5, 0.6) is 28.9 Å². The van der Waals surface area contributed by atoms with Gasteiger partial charge in [-0.25, -0.2) is 28.4 Å². The topological polar surface area (TPSA) is 223 Å². The summed E-state index contributed by atoms with van der Waals surface area (Å²) >= 11 is 0. The van der Waals surface area contributed by atoms with Crippen LogP contribution in [-0.4, -0.2) is 82.8 Å². The Morgan fingerprint density at radius 2 is 1.28 bits per heavy atom. The molecule has 8 rings (SSSR count). The van der Waals surface area contributed by atoms with Gasteiger partial charge in [0, 0.05) is 38.9 Å². The Hall–Kier alpha value is -8.12. The normalized spacial score (nSPS) is 14.2. The maximum atomic E-state index is 12.3. The van der Waals surface area contributed by atoms with Crippen molar-refractivity contribution in [2.45, 2.75) is 25.7 Å². The zero-order valence-electron chi connectivity index (χ0n) is 37.3. The first-order chi connectivity index (χ1) is 33.0. The van der Waals surface area contributed by atoms with Gasteiger partial charge < -0.3 is 30.2 Å². The molecule has 2 aliphatic rings. The Kier molecular flexibility index (Phi) is 16.1. The number of amides is 1. The van der Waals surface area contributed by atoms with Gasteiger partial charge in [0.1, 0.15) is 65.0 Å². The SMILES string of the molecule is C=C(C#N)C(=O)N1CCC(COc2ncncc2-c2ccc(Oc3ccccc3)cc2)CC1.C=C(C#N)S(=O)(=O)N1CCC(CNc2ncnc(N)c2-c2ccc(Oc3ccccc3)cc2)CC1. The van der Waals surface area contributed by atoms with Crippen molar-refractivity contribution >= 4 is 27.6 Å². The van der Waals surface area contributed by atoms with Crippen molar-refractivity contribution in [3.8, 4) is 63.3 Å². The van der Waals surface area contributed by atoms with Gasteiger partial charge in [-0.3, -0.25) is 4.79 Å². The number of carbonyl (C=O) groups excluding carboxylic acids is 1. The first-order valence-corrected chi connectivity index (χ1v) is 23.4. The molecular weight excluding hydrogens is 881 g/mol. The Bertz CT molecular complexity index is 2880. The standard InChI is InChI=1S/C26H24N4O3.C25H26N6O3S/c1-19(15-27)26(31)30-13-11-20(12-14-30)17-32-25-24(16-28-18-29-25)21-7-9-23(10-8-21)33-22-5-3-2-4-6-22;1-18(15-26)35(32,33)31-13-11-19(12-14-31)16-28-25-23(24(27)29-17-30-25)20-7-9-22(10-8-20)34-21-5-3-2-4-6-21/h2-10,16,18,20H,1,11-14,17H2;2-10,17,19H,1,11-14,16H2,(H3,27,28,29,30). The molecule has 0 atom stereocenters. The van der Waals surface area contributed by atoms with Crippen LogP contribution in [-0.2, 0) is 14.8 Å². The van der Waals surface area contributed by atoms with Gasteiger partial charge >= 0.3 is 0 Å². The molecule has 1 amide bonds. The Balaban J connectivity index is 0.000000202. The van der Waals surface area contributed by atoms with Crippen molar-refractivity contribution in [3.05, 3.63) is 152 Å². The highest BCUT2D eigenvalue weighted by Gasteiger charge is 2.30. The van der Waals surface area contributed by atoms with E-state index < -0.39 is 14.9 Å². The third kappa shape index (κ3) is 12.4. The van der Waals surface area contributed by atoms with Crippen LogP contribution in [0.1, 0.15) is 25.7 Å². The number of aromatic nitrogens is 4. The molecule has 2 aromatic heterocycles. The van der Waals surface area contributed by atoms with E-state index >= 15 is 0 Å². The highest BCUT2D eigenvalue weighted by Crippen LogP contribution is 2.34. The number of hydrogen-bond acceptors (Lipinski definition) is 14. The summed E-state index contributed by atoms with van der Waals surface area (Å²) in [4.78, 5) is 30.4. The number of piperidine rings is 2. The predicted octanol–water partition coefficient (Wildman–Crippen LogP) is 8.64. The second kappa shape index (κ2) is 22.9. The number of anilines is 2. The van der Waals surface area contributed by atoms with Crippen molar-refractivity contribution in [2.75, 3.05) is 50.4 Å². The molecule has 4 heterocycles. The molecule has 2 saturated heterocycles. The monoisotopic (exact) mass is 930 g/mol. The number of para-hydroxylation sites is 2. The number of carbonyl (C=O) groups is 1. The van der Waals surface area contributed by atoms with Gasteiger partial charge in [-0.05, 0) is 97.2 Å². The maximum Gasteiger partial charge on any atom is 0.263 e. The Morgan fingerprint density at radius 1 is 0.721 bits per heavy atom. The minimum absolute atomic E-state index is 0.0180. The van der Waals surface area contributed by atoms with E-state index in [-0.39, 0.29) is 17.4 Å². The third-order valence-electron chi connectivity index (χ3n) is 11.5. The average molecular weight is 931 g/mol. The number of nitriles is 2. The lowest BCUT2D eigenvalue weighted by Crippen LogP contribution is -2.40. The van der Waals surface area contributed by atoms with Crippen molar-refractivity contribution in [1.82, 2.24) is 29.1 Å². The molecule has 68 heavy (non-hydrogen) atoms. The molecule has 3 N–H and O–H groups in total. The van der Waals surface area contributed by atoms with E-state index in [1.165, 1.54) is 17.0 Å². The second-order valence-electron chi connectivity index (χ2n) is 16.0. The molecule has 0 unspecified atom stereocenters. The lowest BCUT2D eigenvalue weighted by molar-refractivity contribution is -0.128. The predicted molar refractivity (Wildman–Crippen MR) is 258 cm³/mol. The number of likely N-dealkylation sites (tertiary alicyclic amines) is 1. The lowest BCUT2D eigenvalue weighted by Gasteiger charge is -2.31. The minimum atomic E-state index is -3.76. The highest BCUT2D eigenvalue weighted by molar-refractivity contribution is 7.93. The van der Waals surface area contributed by atoms with E-state index in [2.05, 4.69) is 38.4 Å². The van der Waals surface area contributed by atoms with Crippen LogP contribution in [0.2, 0.25) is 0 Å². The van der Waals surface area contributed by atoms with E-state index in [1.807, 2.05) is 115 Å². The maximum absolute atomic E-state index is 12.3. The minimum Gasteiger partial charge on any atom is -0.477 e. The van der Waals surface area contributed by atoms with E-state index in [0.717, 1.165) is 46.8 Å². The van der Waals surface area contributed by atoms with Crippen molar-refractivity contribution in [1.29, 1.82) is 10.5 Å². The van der Waals surface area contributed by atoms with Crippen LogP contribution in [0.4, 0.5) is 11.6 Å². The van der Waals surface area contributed by atoms with Crippen molar-refractivity contribution in [2.24, 2.45) is 11.8 Å². The van der Waals surface area contributed by atoms with E-state index in [0.29, 0.717) is 86.9 Å². The molecule has 6 aromatic rings. The number of hydrogen-bond donors (Lipinski definition) is 2. The first kappa shape index (κ1) is 47.8. The smallest absolute Gasteiger partial charge is 0.263 e. The summed E-state index contributed by atoms with van der Waals surface area (Å²) in [5, 5.41) is 21.1. The molecule has 2 aliphatic heterocycles. The van der Waals surface area contributed by atoms with Crippen LogP contribution in [0.25, 0.3) is 22.3 Å². The quantitative estimate of drug-likeness (QED) is 0.0727. The highest BCUT2D eigenvalue weighted by atomic mass is 32.2. The number of nitrogens with two attached hydrogens (primary N) is 1. The van der Waals surface area contributed by atoms with Crippen LogP contribution in [0.15, 0.2) is 152 Å². The van der Waals surface area contributed by atoms with Gasteiger partial charge in [0.2, 0.25) is 5.88 Å². The number of nitrogen functional groups attached to an aromatic ring is 1. The van der Waals surface area contributed by atoms with Gasteiger partial charge in [-0.15, -0.1) is 0 Å². The fraction of sp³-hybridized carbons (Fsp3) is 0.235. The molecule has 0 aliphatic carbocycles. The van der Waals surface area contributed by atoms with Gasteiger partial charge in [-0.2, -0.15) is 14.8 Å². The molecular formula is C51H50N10O6S. The van der Waals surface area contributed by atoms with Crippen LogP contribution < -0.4 is 25.3 Å². The number of benzene rings is 4. The molecule has 17 heteroatoms. The number of allylic oxidation sites excluding steroid dienone is 1. The number of nitrogens with zero attached hydrogens (tertiary/aromatic N) is 8. The van der Waals surface area contributed by atoms with Crippen LogP contribution in [0.3, 0.4) is 0 Å². The second-order valence-corrected chi connectivity index (χ2v) is 18.0. The van der Waals surface area contributed by atoms with Crippen molar-refractivity contribution in [3.63, 3.8) is 0 Å². The number of nitrogens with one attached hydrogen (secondary N) is 1. The zero-order chi connectivity index (χ0) is 47.9. The van der Waals surface area contributed by atoms with Gasteiger partial charge in [0.05, 0.1) is 17.7 Å². The fourth-order valence-electron chi connectivity index (χ4n) is 7.64. The molecule has 4 aromatic carbocycles. The summed E-state index contributed by atoms with van der Waals surface area (Å²) in [5.74, 6) is 4.72. The van der Waals surface area contributed by atoms with E-state index in [4.69, 9.17) is 30.5 Å². The Morgan fingerprint density at radius 3 is 1.85 bits per heavy atom. The largest absolute Gasteiger partial charge is 0.477 e. The average Bonchev–Trinajstić information content (AvgIpc) is 3.38. The molecule has 0 spiro atoms. The van der Waals surface area contributed by atoms with Crippen molar-refractivity contribution < 1.29 is 27.4 Å². The fourth-order valence-corrected chi connectivity index (χ4v) is 8.76. The van der Waals surface area contributed by atoms with E-state index in [9.17, 15) is 13.2 Å². The van der Waals surface area contributed by atoms with Crippen LogP contribution in [0, 0.1) is 34.5 Å². The molecule has 0 bridgehead atoms. The summed E-state index contributed by atoms with van der Waals surface area (Å²) in [6.07, 6.45) is 7.55. The molecule has 0 radical (unpaired) electrons. The molecule has 0 saturated carbocycles. The van der Waals surface area contributed by atoms with Gasteiger partial charge in [0.25, 0.3) is 15.9 Å². The summed E-state index contributed by atoms with van der Waals surface area (Å²) in [6.45, 7) is 9.83. The van der Waals surface area contributed by atoms with Crippen LogP contribution >= 0.6 is 0 Å². The van der Waals surface area contributed by atoms with Gasteiger partial charge in [0.15, 0.2) is 4.91 Å². The number of ether oxygens (including phenoxy) is 3. The lowest BCUT2D eigenvalue weighted by atomic mass is 9.97. The molecule has 2 fully saturated rings. The summed E-state index contributed by atoms with van der Waals surface area (Å²) in [7, 11) is -3.76. The third-order valence-corrected chi connectivity index (χ3v) is 13.2. The number of rotatable bonds is 15. The van der Waals surface area contributed by atoms with Gasteiger partial charge in [-0.1, -0.05) is 73.8 Å². The van der Waals surface area contributed by atoms with E-state index in [1.54, 1.807) is 17.2 Å². The zero-order valence-corrected chi connectivity index (χ0v) is 38.1. The first-order valence-electron chi connectivity index (χ1n) is 21.9. The molecule has 346 valence electrons. The summed E-state index contributed by atoms with van der Waals surface area (Å²) in [6, 6.07) is 37.9. The Labute approximate surface area is 396 Å². The molecule has 16 nitrogen and oxygen atoms in total. The summed E-state index contributed by atoms with van der Waals surface area (Å²) in [5.41, 5.74) is 9.47. The number of sulfonamides is 1.